The summed E-state index contributed by atoms with van der Waals surface area (Å²) < 4.78 is 1.95. The Balaban J connectivity index is 2.18. The molecule has 1 aromatic heterocycles. The first kappa shape index (κ1) is 12.4. The smallest absolute Gasteiger partial charge is 0.0883 e. The summed E-state index contributed by atoms with van der Waals surface area (Å²) in [7, 11) is 2.01. The summed E-state index contributed by atoms with van der Waals surface area (Å²) >= 11 is 0. The van der Waals surface area contributed by atoms with Gasteiger partial charge in [-0.2, -0.15) is 5.10 Å². The van der Waals surface area contributed by atoms with Gasteiger partial charge in [-0.15, -0.1) is 0 Å². The third-order valence-corrected chi connectivity index (χ3v) is 3.29. The normalized spacial score (nSPS) is 18.2. The number of nitrogens with one attached hydrogen (secondary N) is 1. The molecule has 0 aliphatic carbocycles. The lowest BCUT2D eigenvalue weighted by atomic mass is 10.1. The Labute approximate surface area is 104 Å². The van der Waals surface area contributed by atoms with Crippen LogP contribution >= 0.6 is 0 Å². The Morgan fingerprint density at radius 2 is 1.88 bits per heavy atom. The van der Waals surface area contributed by atoms with Gasteiger partial charge in [0.25, 0.3) is 0 Å². The second-order valence-electron chi connectivity index (χ2n) is 5.17. The highest BCUT2D eigenvalue weighted by Gasteiger charge is 2.17. The lowest BCUT2D eigenvalue weighted by Gasteiger charge is -2.27. The zero-order valence-corrected chi connectivity index (χ0v) is 11.2. The molecule has 0 unspecified atom stereocenters. The Morgan fingerprint density at radius 3 is 2.47 bits per heavy atom. The van der Waals surface area contributed by atoms with E-state index in [0.29, 0.717) is 5.92 Å². The van der Waals surface area contributed by atoms with Gasteiger partial charge in [-0.3, -0.25) is 4.68 Å². The molecule has 0 atom stereocenters. The molecule has 0 spiro atoms. The third-order valence-electron chi connectivity index (χ3n) is 3.29. The summed E-state index contributed by atoms with van der Waals surface area (Å²) in [5.41, 5.74) is 2.57. The second kappa shape index (κ2) is 5.54. The SMILES string of the molecule is CC(C)c1nn(C)cc1N1CCCNCCC1. The molecule has 2 rings (SSSR count). The summed E-state index contributed by atoms with van der Waals surface area (Å²) in [6, 6.07) is 0. The molecule has 0 saturated carbocycles. The predicted octanol–water partition coefficient (Wildman–Crippen LogP) is 1.73. The van der Waals surface area contributed by atoms with Gasteiger partial charge in [0.1, 0.15) is 0 Å². The van der Waals surface area contributed by atoms with Gasteiger partial charge in [-0.05, 0) is 31.8 Å². The third kappa shape index (κ3) is 3.00. The first-order valence-corrected chi connectivity index (χ1v) is 6.67. The highest BCUT2D eigenvalue weighted by Crippen LogP contribution is 2.26. The van der Waals surface area contributed by atoms with Crippen LogP contribution in [0.1, 0.15) is 38.3 Å². The minimum absolute atomic E-state index is 0.495. The minimum Gasteiger partial charge on any atom is -0.369 e. The molecule has 0 radical (unpaired) electrons. The first-order chi connectivity index (χ1) is 8.18. The van der Waals surface area contributed by atoms with Crippen LogP contribution in [0, 0.1) is 0 Å². The minimum atomic E-state index is 0.495. The molecule has 1 aliphatic heterocycles. The molecule has 1 saturated heterocycles. The number of hydrogen-bond donors (Lipinski definition) is 1. The van der Waals surface area contributed by atoms with Crippen molar-refractivity contribution in [2.45, 2.75) is 32.6 Å². The maximum atomic E-state index is 4.60. The van der Waals surface area contributed by atoms with Crippen LogP contribution in [-0.4, -0.2) is 36.0 Å². The van der Waals surface area contributed by atoms with E-state index < -0.39 is 0 Å². The van der Waals surface area contributed by atoms with E-state index in [4.69, 9.17) is 0 Å². The molecule has 96 valence electrons. The van der Waals surface area contributed by atoms with Crippen molar-refractivity contribution in [3.05, 3.63) is 11.9 Å². The van der Waals surface area contributed by atoms with Crippen molar-refractivity contribution in [3.63, 3.8) is 0 Å². The van der Waals surface area contributed by atoms with Gasteiger partial charge < -0.3 is 10.2 Å². The zero-order chi connectivity index (χ0) is 12.3. The highest BCUT2D eigenvalue weighted by molar-refractivity contribution is 5.50. The lowest BCUT2D eigenvalue weighted by Crippen LogP contribution is -2.34. The molecular weight excluding hydrogens is 212 g/mol. The van der Waals surface area contributed by atoms with Crippen molar-refractivity contribution >= 4 is 5.69 Å². The highest BCUT2D eigenvalue weighted by atomic mass is 15.3. The summed E-state index contributed by atoms with van der Waals surface area (Å²) in [5, 5.41) is 8.05. The summed E-state index contributed by atoms with van der Waals surface area (Å²) in [6.45, 7) is 8.98. The zero-order valence-electron chi connectivity index (χ0n) is 11.2. The van der Waals surface area contributed by atoms with Crippen molar-refractivity contribution in [2.24, 2.45) is 7.05 Å². The number of aryl methyl sites for hydroxylation is 1. The van der Waals surface area contributed by atoms with Crippen molar-refractivity contribution in [2.75, 3.05) is 31.1 Å². The molecule has 0 aromatic carbocycles. The van der Waals surface area contributed by atoms with Crippen LogP contribution in [0.3, 0.4) is 0 Å². The molecule has 2 heterocycles. The summed E-state index contributed by atoms with van der Waals surface area (Å²) in [6.07, 6.45) is 4.60. The van der Waals surface area contributed by atoms with Gasteiger partial charge in [0.2, 0.25) is 0 Å². The lowest BCUT2D eigenvalue weighted by molar-refractivity contribution is 0.566. The summed E-state index contributed by atoms with van der Waals surface area (Å²) in [5.74, 6) is 0.495. The Kier molecular flexibility index (Phi) is 4.05. The van der Waals surface area contributed by atoms with E-state index in [1.54, 1.807) is 0 Å². The monoisotopic (exact) mass is 236 g/mol. The van der Waals surface area contributed by atoms with Gasteiger partial charge in [-0.1, -0.05) is 13.8 Å². The maximum Gasteiger partial charge on any atom is 0.0883 e. The molecule has 0 amide bonds. The van der Waals surface area contributed by atoms with Crippen LogP contribution in [0.4, 0.5) is 5.69 Å². The molecule has 1 aliphatic rings. The number of hydrogen-bond acceptors (Lipinski definition) is 3. The van der Waals surface area contributed by atoms with Crippen LogP contribution < -0.4 is 10.2 Å². The molecular formula is C13H24N4. The maximum absolute atomic E-state index is 4.60. The largest absolute Gasteiger partial charge is 0.369 e. The standard InChI is InChI=1S/C13H24N4/c1-11(2)13-12(10-16(3)15-13)17-8-4-6-14-7-5-9-17/h10-11,14H,4-9H2,1-3H3. The van der Waals surface area contributed by atoms with E-state index in [9.17, 15) is 0 Å². The number of rotatable bonds is 2. The number of nitrogens with zero attached hydrogens (tertiary/aromatic N) is 3. The molecule has 1 N–H and O–H groups in total. The Morgan fingerprint density at radius 1 is 1.24 bits per heavy atom. The van der Waals surface area contributed by atoms with E-state index in [1.165, 1.54) is 24.2 Å². The fraction of sp³-hybridized carbons (Fsp3) is 0.769. The molecule has 1 fully saturated rings. The number of aromatic nitrogens is 2. The fourth-order valence-electron chi connectivity index (χ4n) is 2.42. The first-order valence-electron chi connectivity index (χ1n) is 6.67. The Bertz CT molecular complexity index is 348. The molecule has 0 bridgehead atoms. The van der Waals surface area contributed by atoms with Crippen LogP contribution in [0.15, 0.2) is 6.20 Å². The van der Waals surface area contributed by atoms with Crippen molar-refractivity contribution < 1.29 is 0 Å². The van der Waals surface area contributed by atoms with Gasteiger partial charge in [-0.25, -0.2) is 0 Å². The van der Waals surface area contributed by atoms with Gasteiger partial charge >= 0.3 is 0 Å². The Hall–Kier alpha value is -1.03. The quantitative estimate of drug-likeness (QED) is 0.849. The van der Waals surface area contributed by atoms with Gasteiger partial charge in [0.05, 0.1) is 11.4 Å². The number of anilines is 1. The van der Waals surface area contributed by atoms with E-state index in [0.717, 1.165) is 26.2 Å². The second-order valence-corrected chi connectivity index (χ2v) is 5.17. The van der Waals surface area contributed by atoms with Gasteiger partial charge in [0, 0.05) is 26.3 Å². The van der Waals surface area contributed by atoms with Crippen LogP contribution in [0.2, 0.25) is 0 Å². The molecule has 1 aromatic rings. The van der Waals surface area contributed by atoms with Crippen molar-refractivity contribution in [1.82, 2.24) is 15.1 Å². The predicted molar refractivity (Wildman–Crippen MR) is 71.6 cm³/mol. The molecule has 17 heavy (non-hydrogen) atoms. The topological polar surface area (TPSA) is 33.1 Å². The van der Waals surface area contributed by atoms with Crippen LogP contribution in [0.5, 0.6) is 0 Å². The van der Waals surface area contributed by atoms with E-state index in [2.05, 4.69) is 35.4 Å². The van der Waals surface area contributed by atoms with E-state index in [1.807, 2.05) is 11.7 Å². The van der Waals surface area contributed by atoms with Crippen LogP contribution in [0.25, 0.3) is 0 Å². The van der Waals surface area contributed by atoms with Crippen LogP contribution in [-0.2, 0) is 7.05 Å². The van der Waals surface area contributed by atoms with Crippen molar-refractivity contribution in [1.29, 1.82) is 0 Å². The van der Waals surface area contributed by atoms with Crippen molar-refractivity contribution in [3.8, 4) is 0 Å². The average Bonchev–Trinajstić information content (AvgIpc) is 2.60. The van der Waals surface area contributed by atoms with E-state index in [-0.39, 0.29) is 0 Å². The fourth-order valence-corrected chi connectivity index (χ4v) is 2.42. The average molecular weight is 236 g/mol. The summed E-state index contributed by atoms with van der Waals surface area (Å²) in [4.78, 5) is 2.50. The molecule has 4 nitrogen and oxygen atoms in total. The molecule has 4 heteroatoms. The van der Waals surface area contributed by atoms with E-state index >= 15 is 0 Å². The van der Waals surface area contributed by atoms with Gasteiger partial charge in [0.15, 0.2) is 0 Å².